The molecule has 0 aromatic carbocycles. The number of halogens is 2. The van der Waals surface area contributed by atoms with Gasteiger partial charge < -0.3 is 5.32 Å². The van der Waals surface area contributed by atoms with Crippen LogP contribution in [0, 0.1) is 6.92 Å². The van der Waals surface area contributed by atoms with E-state index in [1.165, 1.54) is 12.8 Å². The van der Waals surface area contributed by atoms with Gasteiger partial charge in [0.15, 0.2) is 0 Å². The maximum Gasteiger partial charge on any atom is 0.250 e. The molecule has 0 bridgehead atoms. The Bertz CT molecular complexity index is 478. The standard InChI is InChI=1S/C10H15ClN2O2S2.ClH/c1-7-6-9(16-10(7)11)17(14,15)13-5-4-12-8-2-3-8;/h6,8,12-13H,2-5H2,1H3;1H. The Kier molecular flexibility index (Phi) is 5.89. The summed E-state index contributed by atoms with van der Waals surface area (Å²) in [5, 5.41) is 3.25. The lowest BCUT2D eigenvalue weighted by Crippen LogP contribution is -2.32. The average molecular weight is 331 g/mol. The largest absolute Gasteiger partial charge is 0.313 e. The molecule has 2 rings (SSSR count). The highest BCUT2D eigenvalue weighted by atomic mass is 35.5. The minimum Gasteiger partial charge on any atom is -0.313 e. The second-order valence-corrected chi connectivity index (χ2v) is 7.80. The predicted molar refractivity (Wildman–Crippen MR) is 77.5 cm³/mol. The van der Waals surface area contributed by atoms with E-state index in [9.17, 15) is 8.42 Å². The number of aryl methyl sites for hydroxylation is 1. The highest BCUT2D eigenvalue weighted by Crippen LogP contribution is 2.29. The van der Waals surface area contributed by atoms with Crippen molar-refractivity contribution in [3.05, 3.63) is 16.0 Å². The van der Waals surface area contributed by atoms with Crippen LogP contribution in [0.5, 0.6) is 0 Å². The van der Waals surface area contributed by atoms with E-state index in [2.05, 4.69) is 10.0 Å². The van der Waals surface area contributed by atoms with Gasteiger partial charge in [-0.1, -0.05) is 11.6 Å². The second-order valence-electron chi connectivity index (χ2n) is 4.15. The van der Waals surface area contributed by atoms with Crippen molar-refractivity contribution in [1.29, 1.82) is 0 Å². The van der Waals surface area contributed by atoms with E-state index in [4.69, 9.17) is 11.6 Å². The molecule has 0 unspecified atom stereocenters. The molecule has 8 heteroatoms. The summed E-state index contributed by atoms with van der Waals surface area (Å²) >= 11 is 6.95. The lowest BCUT2D eigenvalue weighted by Gasteiger charge is -2.05. The molecule has 1 aromatic rings. The van der Waals surface area contributed by atoms with Crippen molar-refractivity contribution in [1.82, 2.24) is 10.0 Å². The number of hydrogen-bond acceptors (Lipinski definition) is 4. The first-order valence-corrected chi connectivity index (χ1v) is 8.16. The van der Waals surface area contributed by atoms with Crippen LogP contribution < -0.4 is 10.0 Å². The molecule has 2 N–H and O–H groups in total. The molecular formula is C10H16Cl2N2O2S2. The molecule has 18 heavy (non-hydrogen) atoms. The molecule has 0 amide bonds. The van der Waals surface area contributed by atoms with Gasteiger partial charge in [0.05, 0.1) is 4.34 Å². The maximum absolute atomic E-state index is 11.9. The molecule has 0 spiro atoms. The second kappa shape index (κ2) is 6.54. The van der Waals surface area contributed by atoms with E-state index in [0.717, 1.165) is 16.9 Å². The number of rotatable bonds is 6. The van der Waals surface area contributed by atoms with Gasteiger partial charge in [-0.15, -0.1) is 23.7 Å². The van der Waals surface area contributed by atoms with Crippen LogP contribution in [0.4, 0.5) is 0 Å². The topological polar surface area (TPSA) is 58.2 Å². The van der Waals surface area contributed by atoms with Gasteiger partial charge in [-0.25, -0.2) is 13.1 Å². The highest BCUT2D eigenvalue weighted by Gasteiger charge is 2.21. The molecule has 1 heterocycles. The van der Waals surface area contributed by atoms with Crippen LogP contribution in [0.1, 0.15) is 18.4 Å². The zero-order chi connectivity index (χ0) is 12.5. The average Bonchev–Trinajstić information content (AvgIpc) is 3.01. The minimum absolute atomic E-state index is 0. The Morgan fingerprint density at radius 3 is 2.61 bits per heavy atom. The Labute approximate surface area is 123 Å². The van der Waals surface area contributed by atoms with E-state index in [-0.39, 0.29) is 16.6 Å². The molecule has 104 valence electrons. The minimum atomic E-state index is -3.40. The summed E-state index contributed by atoms with van der Waals surface area (Å²) < 4.78 is 27.1. The molecule has 1 fully saturated rings. The van der Waals surface area contributed by atoms with Crippen molar-refractivity contribution in [3.8, 4) is 0 Å². The van der Waals surface area contributed by atoms with Crippen molar-refractivity contribution >= 4 is 45.4 Å². The van der Waals surface area contributed by atoms with Gasteiger partial charge in [0, 0.05) is 19.1 Å². The van der Waals surface area contributed by atoms with Gasteiger partial charge in [-0.2, -0.15) is 0 Å². The van der Waals surface area contributed by atoms with Gasteiger partial charge in [-0.3, -0.25) is 0 Å². The number of sulfonamides is 1. The van der Waals surface area contributed by atoms with Gasteiger partial charge in [0.2, 0.25) is 10.0 Å². The predicted octanol–water partition coefficient (Wildman–Crippen LogP) is 2.16. The summed E-state index contributed by atoms with van der Waals surface area (Å²) in [4.78, 5) is 0. The van der Waals surface area contributed by atoms with Crippen LogP contribution in [0.3, 0.4) is 0 Å². The third kappa shape index (κ3) is 4.36. The monoisotopic (exact) mass is 330 g/mol. The van der Waals surface area contributed by atoms with Crippen molar-refractivity contribution in [2.75, 3.05) is 13.1 Å². The molecular weight excluding hydrogens is 315 g/mol. The van der Waals surface area contributed by atoms with E-state index < -0.39 is 10.0 Å². The zero-order valence-corrected chi connectivity index (χ0v) is 13.1. The summed E-state index contributed by atoms with van der Waals surface area (Å²) in [6.45, 7) is 2.88. The Balaban J connectivity index is 0.00000162. The van der Waals surface area contributed by atoms with E-state index >= 15 is 0 Å². The summed E-state index contributed by atoms with van der Waals surface area (Å²) in [7, 11) is -3.40. The Morgan fingerprint density at radius 2 is 2.11 bits per heavy atom. The van der Waals surface area contributed by atoms with Gasteiger partial charge in [0.25, 0.3) is 0 Å². The summed E-state index contributed by atoms with van der Waals surface area (Å²) in [5.41, 5.74) is 0.799. The highest BCUT2D eigenvalue weighted by molar-refractivity contribution is 7.91. The summed E-state index contributed by atoms with van der Waals surface area (Å²) in [5.74, 6) is 0. The molecule has 0 aliphatic heterocycles. The van der Waals surface area contributed by atoms with Crippen LogP contribution in [0.2, 0.25) is 4.34 Å². The van der Waals surface area contributed by atoms with E-state index in [1.807, 2.05) is 0 Å². The van der Waals surface area contributed by atoms with Crippen molar-refractivity contribution in [3.63, 3.8) is 0 Å². The molecule has 1 saturated carbocycles. The summed E-state index contributed by atoms with van der Waals surface area (Å²) in [6.07, 6.45) is 2.40. The first kappa shape index (κ1) is 16.2. The SMILES string of the molecule is Cc1cc(S(=O)(=O)NCCNC2CC2)sc1Cl.Cl. The van der Waals surface area contributed by atoms with Crippen LogP contribution >= 0.6 is 35.3 Å². The Hall–Kier alpha value is 0.150. The van der Waals surface area contributed by atoms with Crippen molar-refractivity contribution in [2.24, 2.45) is 0 Å². The zero-order valence-electron chi connectivity index (χ0n) is 9.90. The first-order chi connectivity index (χ1) is 7.99. The number of nitrogens with one attached hydrogen (secondary N) is 2. The molecule has 1 aromatic heterocycles. The normalized spacial score (nSPS) is 15.4. The van der Waals surface area contributed by atoms with Crippen LogP contribution in [0.15, 0.2) is 10.3 Å². The maximum atomic E-state index is 11.9. The number of hydrogen-bond donors (Lipinski definition) is 2. The lowest BCUT2D eigenvalue weighted by molar-refractivity contribution is 0.577. The third-order valence-electron chi connectivity index (χ3n) is 2.53. The fourth-order valence-electron chi connectivity index (χ4n) is 1.38. The van der Waals surface area contributed by atoms with Crippen molar-refractivity contribution < 1.29 is 8.42 Å². The van der Waals surface area contributed by atoms with Crippen molar-refractivity contribution in [2.45, 2.75) is 30.0 Å². The quantitative estimate of drug-likeness (QED) is 0.786. The van der Waals surface area contributed by atoms with E-state index in [1.54, 1.807) is 13.0 Å². The molecule has 0 atom stereocenters. The van der Waals surface area contributed by atoms with Gasteiger partial charge >= 0.3 is 0 Å². The molecule has 0 radical (unpaired) electrons. The lowest BCUT2D eigenvalue weighted by atomic mass is 10.4. The molecule has 1 aliphatic rings. The molecule has 0 saturated heterocycles. The summed E-state index contributed by atoms with van der Waals surface area (Å²) in [6, 6.07) is 2.20. The smallest absolute Gasteiger partial charge is 0.250 e. The number of thiophene rings is 1. The van der Waals surface area contributed by atoms with Crippen LogP contribution in [-0.2, 0) is 10.0 Å². The third-order valence-corrected chi connectivity index (χ3v) is 6.02. The van der Waals surface area contributed by atoms with E-state index in [0.29, 0.717) is 23.5 Å². The fraction of sp³-hybridized carbons (Fsp3) is 0.600. The Morgan fingerprint density at radius 1 is 1.44 bits per heavy atom. The first-order valence-electron chi connectivity index (χ1n) is 5.48. The van der Waals surface area contributed by atoms with Crippen LogP contribution in [0.25, 0.3) is 0 Å². The molecule has 1 aliphatic carbocycles. The molecule has 4 nitrogen and oxygen atoms in total. The fourth-order valence-corrected chi connectivity index (χ4v) is 4.17. The van der Waals surface area contributed by atoms with Gasteiger partial charge in [0.1, 0.15) is 4.21 Å². The van der Waals surface area contributed by atoms with Gasteiger partial charge in [-0.05, 0) is 31.4 Å². The van der Waals surface area contributed by atoms with Crippen LogP contribution in [-0.4, -0.2) is 27.5 Å².